The normalized spacial score (nSPS) is 13.6. The summed E-state index contributed by atoms with van der Waals surface area (Å²) in [6.45, 7) is 0. The van der Waals surface area contributed by atoms with Gasteiger partial charge in [-0.15, -0.1) is 0 Å². The Balaban J connectivity index is 1.45. The standard InChI is InChI=1S/C28H23ClN4O4/c29-20-6-9-22(25-15-30-11-12-31-25)23(14-20)19-5-10-26(33(37)16-19)24(13-17-1-2-17)27(34)32-21-7-3-18(4-8-21)28(35)36/h3-12,14-17,24H,1-2,13H2,(H,32,34)(H,35,36). The Morgan fingerprint density at radius 1 is 1.08 bits per heavy atom. The Bertz CT molecular complexity index is 1460. The van der Waals surface area contributed by atoms with Crippen molar-refractivity contribution in [2.45, 2.75) is 25.2 Å². The molecule has 1 amide bonds. The molecule has 1 aliphatic carbocycles. The molecule has 0 spiro atoms. The zero-order valence-corrected chi connectivity index (χ0v) is 20.4. The minimum atomic E-state index is -1.04. The average molecular weight is 515 g/mol. The quantitative estimate of drug-likeness (QED) is 0.243. The number of hydrogen-bond donors (Lipinski definition) is 2. The molecule has 0 aliphatic heterocycles. The number of carboxylic acid groups (broad SMARTS) is 1. The van der Waals surface area contributed by atoms with Gasteiger partial charge in [0.05, 0.1) is 17.5 Å². The third-order valence-electron chi connectivity index (χ3n) is 6.42. The molecule has 2 heterocycles. The van der Waals surface area contributed by atoms with E-state index in [1.807, 2.05) is 12.1 Å². The van der Waals surface area contributed by atoms with Crippen molar-refractivity contribution in [1.82, 2.24) is 9.97 Å². The number of nitrogens with one attached hydrogen (secondary N) is 1. The Morgan fingerprint density at radius 3 is 2.51 bits per heavy atom. The Hall–Kier alpha value is -4.30. The summed E-state index contributed by atoms with van der Waals surface area (Å²) in [6.07, 6.45) is 8.89. The minimum Gasteiger partial charge on any atom is -0.618 e. The fourth-order valence-corrected chi connectivity index (χ4v) is 4.49. The van der Waals surface area contributed by atoms with Gasteiger partial charge in [0.1, 0.15) is 5.92 Å². The molecule has 2 N–H and O–H groups in total. The van der Waals surface area contributed by atoms with Crippen molar-refractivity contribution in [3.05, 3.63) is 101 Å². The van der Waals surface area contributed by atoms with Gasteiger partial charge < -0.3 is 15.6 Å². The van der Waals surface area contributed by atoms with Gasteiger partial charge in [-0.05, 0) is 60.4 Å². The largest absolute Gasteiger partial charge is 0.618 e. The van der Waals surface area contributed by atoms with Gasteiger partial charge >= 0.3 is 5.97 Å². The summed E-state index contributed by atoms with van der Waals surface area (Å²) in [6, 6.07) is 14.8. The van der Waals surface area contributed by atoms with Crippen LogP contribution in [0.15, 0.2) is 79.4 Å². The van der Waals surface area contributed by atoms with Gasteiger partial charge in [-0.2, -0.15) is 4.73 Å². The lowest BCUT2D eigenvalue weighted by atomic mass is 9.94. The highest BCUT2D eigenvalue weighted by Crippen LogP contribution is 2.39. The van der Waals surface area contributed by atoms with Crippen LogP contribution in [-0.4, -0.2) is 27.0 Å². The van der Waals surface area contributed by atoms with E-state index in [4.69, 9.17) is 16.7 Å². The molecule has 0 radical (unpaired) electrons. The van der Waals surface area contributed by atoms with Crippen molar-refractivity contribution in [3.63, 3.8) is 0 Å². The molecule has 1 aliphatic rings. The predicted molar refractivity (Wildman–Crippen MR) is 139 cm³/mol. The van der Waals surface area contributed by atoms with E-state index in [1.54, 1.807) is 36.8 Å². The number of carboxylic acids is 1. The van der Waals surface area contributed by atoms with Crippen LogP contribution in [0.4, 0.5) is 5.69 Å². The number of amides is 1. The van der Waals surface area contributed by atoms with E-state index in [9.17, 15) is 14.8 Å². The number of halogens is 1. The third kappa shape index (κ3) is 5.59. The number of aromatic nitrogens is 3. The van der Waals surface area contributed by atoms with Crippen molar-refractivity contribution >= 4 is 29.2 Å². The summed E-state index contributed by atoms with van der Waals surface area (Å²) in [5, 5.41) is 25.7. The first-order valence-electron chi connectivity index (χ1n) is 11.8. The van der Waals surface area contributed by atoms with Crippen molar-refractivity contribution in [1.29, 1.82) is 0 Å². The molecule has 2 aromatic heterocycles. The van der Waals surface area contributed by atoms with E-state index >= 15 is 0 Å². The van der Waals surface area contributed by atoms with Gasteiger partial charge in [0.2, 0.25) is 11.6 Å². The van der Waals surface area contributed by atoms with Crippen LogP contribution >= 0.6 is 11.6 Å². The van der Waals surface area contributed by atoms with Gasteiger partial charge in [0, 0.05) is 40.3 Å². The van der Waals surface area contributed by atoms with Crippen molar-refractivity contribution in [3.8, 4) is 22.4 Å². The van der Waals surface area contributed by atoms with Crippen LogP contribution in [0.25, 0.3) is 22.4 Å². The highest BCUT2D eigenvalue weighted by molar-refractivity contribution is 6.31. The summed E-state index contributed by atoms with van der Waals surface area (Å²) in [7, 11) is 0. The molecule has 1 fully saturated rings. The van der Waals surface area contributed by atoms with Gasteiger partial charge in [0.15, 0.2) is 6.20 Å². The number of hydrogen-bond acceptors (Lipinski definition) is 5. The average Bonchev–Trinajstić information content (AvgIpc) is 3.72. The maximum atomic E-state index is 13.3. The predicted octanol–water partition coefficient (Wildman–Crippen LogP) is 5.32. The number of nitrogens with zero attached hydrogens (tertiary/aromatic N) is 3. The molecule has 0 saturated heterocycles. The lowest BCUT2D eigenvalue weighted by molar-refractivity contribution is -0.614. The van der Waals surface area contributed by atoms with Crippen LogP contribution in [0.2, 0.25) is 5.02 Å². The molecule has 37 heavy (non-hydrogen) atoms. The molecule has 1 atom stereocenters. The molecule has 8 nitrogen and oxygen atoms in total. The van der Waals surface area contributed by atoms with Crippen LogP contribution in [0.1, 0.15) is 41.2 Å². The molecule has 4 aromatic rings. The zero-order valence-electron chi connectivity index (χ0n) is 19.7. The fourth-order valence-electron chi connectivity index (χ4n) is 4.31. The van der Waals surface area contributed by atoms with Crippen molar-refractivity contribution < 1.29 is 19.4 Å². The zero-order chi connectivity index (χ0) is 25.9. The maximum absolute atomic E-state index is 13.3. The first-order chi connectivity index (χ1) is 17.9. The van der Waals surface area contributed by atoms with Gasteiger partial charge in [-0.1, -0.05) is 30.5 Å². The Morgan fingerprint density at radius 2 is 1.86 bits per heavy atom. The molecular formula is C28H23ClN4O4. The van der Waals surface area contributed by atoms with E-state index in [2.05, 4.69) is 15.3 Å². The topological polar surface area (TPSA) is 119 Å². The number of rotatable bonds is 8. The van der Waals surface area contributed by atoms with Crippen LogP contribution in [0.3, 0.4) is 0 Å². The van der Waals surface area contributed by atoms with E-state index in [1.165, 1.54) is 30.5 Å². The van der Waals surface area contributed by atoms with Crippen molar-refractivity contribution in [2.24, 2.45) is 5.92 Å². The summed E-state index contributed by atoms with van der Waals surface area (Å²) in [4.78, 5) is 32.9. The summed E-state index contributed by atoms with van der Waals surface area (Å²) < 4.78 is 0.747. The SMILES string of the molecule is O=C(O)c1ccc(NC(=O)C(CC2CC2)c2ccc(-c3cc(Cl)ccc3-c3cnccn3)c[n+]2[O-])cc1. The molecule has 0 bridgehead atoms. The van der Waals surface area contributed by atoms with Crippen LogP contribution < -0.4 is 10.0 Å². The number of carbonyl (C=O) groups is 2. The molecule has 9 heteroatoms. The first-order valence-corrected chi connectivity index (χ1v) is 12.2. The highest BCUT2D eigenvalue weighted by Gasteiger charge is 2.35. The maximum Gasteiger partial charge on any atom is 0.335 e. The van der Waals surface area contributed by atoms with E-state index in [0.29, 0.717) is 40.0 Å². The fraction of sp³-hybridized carbons (Fsp3) is 0.179. The highest BCUT2D eigenvalue weighted by atomic mass is 35.5. The molecular weight excluding hydrogens is 492 g/mol. The van der Waals surface area contributed by atoms with Gasteiger partial charge in [0.25, 0.3) is 0 Å². The number of pyridine rings is 1. The second-order valence-electron chi connectivity index (χ2n) is 9.05. The number of carbonyl (C=O) groups excluding carboxylic acids is 1. The Kier molecular flexibility index (Phi) is 6.83. The molecule has 5 rings (SSSR count). The summed E-state index contributed by atoms with van der Waals surface area (Å²) in [5.74, 6) is -1.62. The third-order valence-corrected chi connectivity index (χ3v) is 6.65. The molecule has 1 saturated carbocycles. The molecule has 1 unspecified atom stereocenters. The Labute approximate surface area is 218 Å². The number of aromatic carboxylic acids is 1. The lowest BCUT2D eigenvalue weighted by Crippen LogP contribution is -2.37. The number of benzene rings is 2. The second kappa shape index (κ2) is 10.4. The number of anilines is 1. The smallest absolute Gasteiger partial charge is 0.335 e. The van der Waals surface area contributed by atoms with Crippen LogP contribution in [0.5, 0.6) is 0 Å². The first kappa shape index (κ1) is 24.4. The van der Waals surface area contributed by atoms with Crippen LogP contribution in [0, 0.1) is 11.1 Å². The van der Waals surface area contributed by atoms with Gasteiger partial charge in [-0.3, -0.25) is 14.8 Å². The lowest BCUT2D eigenvalue weighted by Gasteiger charge is -2.17. The molecule has 2 aromatic carbocycles. The van der Waals surface area contributed by atoms with E-state index in [-0.39, 0.29) is 11.5 Å². The summed E-state index contributed by atoms with van der Waals surface area (Å²) >= 11 is 6.28. The summed E-state index contributed by atoms with van der Waals surface area (Å²) in [5.41, 5.74) is 3.73. The van der Waals surface area contributed by atoms with Crippen LogP contribution in [-0.2, 0) is 4.79 Å². The monoisotopic (exact) mass is 514 g/mol. The second-order valence-corrected chi connectivity index (χ2v) is 9.49. The van der Waals surface area contributed by atoms with Crippen molar-refractivity contribution in [2.75, 3.05) is 5.32 Å². The van der Waals surface area contributed by atoms with E-state index < -0.39 is 11.9 Å². The minimum absolute atomic E-state index is 0.127. The van der Waals surface area contributed by atoms with Gasteiger partial charge in [-0.25, -0.2) is 4.79 Å². The van der Waals surface area contributed by atoms with E-state index in [0.717, 1.165) is 28.7 Å². The molecule has 186 valence electrons.